The first-order valence-electron chi connectivity index (χ1n) is 5.93. The summed E-state index contributed by atoms with van der Waals surface area (Å²) in [5.74, 6) is 0.350. The number of nitrogens with zero attached hydrogens (tertiary/aromatic N) is 4. The quantitative estimate of drug-likeness (QED) is 0.574. The molecular formula is C13H9FN6S. The number of hydrogen-bond acceptors (Lipinski definition) is 5. The topological polar surface area (TPSA) is 84.8 Å². The third-order valence-corrected chi connectivity index (χ3v) is 3.90. The summed E-state index contributed by atoms with van der Waals surface area (Å²) in [6.45, 7) is 6.97. The summed E-state index contributed by atoms with van der Waals surface area (Å²) >= 11 is 1.37. The van der Waals surface area contributed by atoms with E-state index in [-0.39, 0.29) is 5.82 Å². The molecule has 0 aliphatic heterocycles. The monoisotopic (exact) mass is 300 g/mol. The molecule has 104 valence electrons. The van der Waals surface area contributed by atoms with Gasteiger partial charge in [0, 0.05) is 10.6 Å². The number of nitrogens with one attached hydrogen (secondary N) is 1. The van der Waals surface area contributed by atoms with Gasteiger partial charge in [0.15, 0.2) is 5.69 Å². The number of fused-ring (bicyclic) bond motifs is 1. The zero-order valence-electron chi connectivity index (χ0n) is 10.7. The van der Waals surface area contributed by atoms with E-state index in [1.54, 1.807) is 12.1 Å². The predicted octanol–water partition coefficient (Wildman–Crippen LogP) is 2.92. The summed E-state index contributed by atoms with van der Waals surface area (Å²) in [4.78, 5) is 8.10. The Morgan fingerprint density at radius 3 is 3.00 bits per heavy atom. The molecule has 0 radical (unpaired) electrons. The molecule has 0 fully saturated rings. The number of benzene rings is 1. The fourth-order valence-corrected chi connectivity index (χ4v) is 2.84. The van der Waals surface area contributed by atoms with Gasteiger partial charge < -0.3 is 5.73 Å². The van der Waals surface area contributed by atoms with Crippen LogP contribution in [-0.4, -0.2) is 20.4 Å². The first-order valence-corrected chi connectivity index (χ1v) is 6.91. The van der Waals surface area contributed by atoms with Crippen LogP contribution in [0.5, 0.6) is 0 Å². The minimum Gasteiger partial charge on any atom is -0.384 e. The van der Waals surface area contributed by atoms with Gasteiger partial charge in [0.25, 0.3) is 0 Å². The standard InChI is InChI=1S/C13H9FN6S/c1-16-8-2-3-9(14)7(4-8)6-21-10-5-11(15)17-13-12(10)18-20-19-13/h2-5H,6H2,(H3,15,17,18,19,20). The summed E-state index contributed by atoms with van der Waals surface area (Å²) < 4.78 is 13.8. The van der Waals surface area contributed by atoms with Crippen molar-refractivity contribution < 1.29 is 4.39 Å². The van der Waals surface area contributed by atoms with Crippen molar-refractivity contribution in [3.05, 3.63) is 47.1 Å². The molecule has 0 spiro atoms. The van der Waals surface area contributed by atoms with E-state index in [1.165, 1.54) is 23.9 Å². The molecule has 0 saturated heterocycles. The fraction of sp³-hybridized carbons (Fsp3) is 0.0769. The SMILES string of the molecule is [C-]#[N+]c1ccc(F)c(CSc2cc(N)nc3n[nH]nc23)c1. The Morgan fingerprint density at radius 1 is 1.33 bits per heavy atom. The van der Waals surface area contributed by atoms with E-state index in [1.807, 2.05) is 0 Å². The highest BCUT2D eigenvalue weighted by Crippen LogP contribution is 2.30. The number of thioether (sulfide) groups is 1. The van der Waals surface area contributed by atoms with Crippen molar-refractivity contribution in [2.75, 3.05) is 5.73 Å². The van der Waals surface area contributed by atoms with Crippen LogP contribution in [0.1, 0.15) is 5.56 Å². The van der Waals surface area contributed by atoms with Crippen LogP contribution >= 0.6 is 11.8 Å². The lowest BCUT2D eigenvalue weighted by Crippen LogP contribution is -1.93. The maximum atomic E-state index is 13.8. The Morgan fingerprint density at radius 2 is 2.19 bits per heavy atom. The van der Waals surface area contributed by atoms with Gasteiger partial charge in [-0.1, -0.05) is 6.07 Å². The van der Waals surface area contributed by atoms with Crippen molar-refractivity contribution >= 4 is 34.4 Å². The minimum atomic E-state index is -0.340. The average Bonchev–Trinajstić information content (AvgIpc) is 2.94. The molecule has 8 heteroatoms. The van der Waals surface area contributed by atoms with Gasteiger partial charge in [-0.3, -0.25) is 0 Å². The van der Waals surface area contributed by atoms with Gasteiger partial charge in [-0.15, -0.1) is 16.9 Å². The number of rotatable bonds is 3. The minimum absolute atomic E-state index is 0.328. The van der Waals surface area contributed by atoms with Crippen molar-refractivity contribution in [3.63, 3.8) is 0 Å². The van der Waals surface area contributed by atoms with Crippen LogP contribution in [0.4, 0.5) is 15.9 Å². The summed E-state index contributed by atoms with van der Waals surface area (Å²) in [5.41, 5.74) is 7.59. The first kappa shape index (κ1) is 13.3. The molecule has 21 heavy (non-hydrogen) atoms. The molecule has 0 aliphatic rings. The second-order valence-electron chi connectivity index (χ2n) is 4.22. The van der Waals surface area contributed by atoms with Gasteiger partial charge in [0.2, 0.25) is 5.65 Å². The summed E-state index contributed by atoms with van der Waals surface area (Å²) in [6.07, 6.45) is 0. The fourth-order valence-electron chi connectivity index (χ4n) is 1.83. The Hall–Kier alpha value is -2.66. The maximum Gasteiger partial charge on any atom is 0.204 e. The average molecular weight is 300 g/mol. The van der Waals surface area contributed by atoms with E-state index >= 15 is 0 Å². The highest BCUT2D eigenvalue weighted by atomic mass is 32.2. The van der Waals surface area contributed by atoms with Crippen LogP contribution in [-0.2, 0) is 5.75 Å². The Kier molecular flexibility index (Phi) is 3.41. The zero-order valence-corrected chi connectivity index (χ0v) is 11.5. The van der Waals surface area contributed by atoms with E-state index in [2.05, 4.69) is 25.2 Å². The number of H-pyrrole nitrogens is 1. The highest BCUT2D eigenvalue weighted by molar-refractivity contribution is 7.98. The lowest BCUT2D eigenvalue weighted by atomic mass is 10.2. The number of aromatic amines is 1. The molecule has 3 N–H and O–H groups in total. The molecule has 3 aromatic rings. The third-order valence-electron chi connectivity index (χ3n) is 2.82. The number of anilines is 1. The molecule has 0 bridgehead atoms. The lowest BCUT2D eigenvalue weighted by Gasteiger charge is -2.05. The molecule has 6 nitrogen and oxygen atoms in total. The molecule has 0 amide bonds. The number of aromatic nitrogens is 4. The van der Waals surface area contributed by atoms with Crippen molar-refractivity contribution in [2.24, 2.45) is 0 Å². The molecule has 0 aliphatic carbocycles. The smallest absolute Gasteiger partial charge is 0.204 e. The van der Waals surface area contributed by atoms with E-state index in [0.29, 0.717) is 34.0 Å². The first-order chi connectivity index (χ1) is 10.2. The highest BCUT2D eigenvalue weighted by Gasteiger charge is 2.11. The number of nitrogens with two attached hydrogens (primary N) is 1. The molecule has 2 heterocycles. The molecule has 0 atom stereocenters. The van der Waals surface area contributed by atoms with Crippen molar-refractivity contribution in [3.8, 4) is 0 Å². The summed E-state index contributed by atoms with van der Waals surface area (Å²) in [6, 6.07) is 5.97. The summed E-state index contributed by atoms with van der Waals surface area (Å²) in [7, 11) is 0. The normalized spacial score (nSPS) is 10.7. The number of pyridine rings is 1. The van der Waals surface area contributed by atoms with Crippen molar-refractivity contribution in [1.29, 1.82) is 0 Å². The molecular weight excluding hydrogens is 291 g/mol. The van der Waals surface area contributed by atoms with E-state index < -0.39 is 0 Å². The Balaban J connectivity index is 1.90. The third kappa shape index (κ3) is 2.64. The van der Waals surface area contributed by atoms with Crippen molar-refractivity contribution in [2.45, 2.75) is 10.6 Å². The van der Waals surface area contributed by atoms with E-state index in [9.17, 15) is 4.39 Å². The van der Waals surface area contributed by atoms with Gasteiger partial charge in [0.05, 0.1) is 6.57 Å². The van der Waals surface area contributed by atoms with Gasteiger partial charge in [0.1, 0.15) is 17.2 Å². The number of nitrogen functional groups attached to an aromatic ring is 1. The van der Waals surface area contributed by atoms with Crippen LogP contribution in [0.15, 0.2) is 29.2 Å². The summed E-state index contributed by atoms with van der Waals surface area (Å²) in [5, 5.41) is 10.4. The zero-order chi connectivity index (χ0) is 14.8. The van der Waals surface area contributed by atoms with Crippen LogP contribution in [0.2, 0.25) is 0 Å². The van der Waals surface area contributed by atoms with Gasteiger partial charge in [-0.2, -0.15) is 10.3 Å². The molecule has 3 rings (SSSR count). The molecule has 0 saturated carbocycles. The number of hydrogen-bond donors (Lipinski definition) is 2. The second kappa shape index (κ2) is 5.38. The van der Waals surface area contributed by atoms with Gasteiger partial charge >= 0.3 is 0 Å². The predicted molar refractivity (Wildman–Crippen MR) is 78.3 cm³/mol. The van der Waals surface area contributed by atoms with Crippen LogP contribution < -0.4 is 5.73 Å². The van der Waals surface area contributed by atoms with Crippen LogP contribution in [0, 0.1) is 12.4 Å². The Labute approximate surface area is 123 Å². The Bertz CT molecular complexity index is 853. The largest absolute Gasteiger partial charge is 0.384 e. The van der Waals surface area contributed by atoms with Crippen LogP contribution in [0.3, 0.4) is 0 Å². The molecule has 2 aromatic heterocycles. The lowest BCUT2D eigenvalue weighted by molar-refractivity contribution is 0.617. The van der Waals surface area contributed by atoms with Crippen molar-refractivity contribution in [1.82, 2.24) is 20.4 Å². The maximum absolute atomic E-state index is 13.8. The van der Waals surface area contributed by atoms with E-state index in [4.69, 9.17) is 12.3 Å². The van der Waals surface area contributed by atoms with E-state index in [0.717, 1.165) is 4.90 Å². The number of halogens is 1. The van der Waals surface area contributed by atoms with Gasteiger partial charge in [-0.25, -0.2) is 14.2 Å². The second-order valence-corrected chi connectivity index (χ2v) is 5.23. The molecule has 0 unspecified atom stereocenters. The van der Waals surface area contributed by atoms with Crippen LogP contribution in [0.25, 0.3) is 16.0 Å². The van der Waals surface area contributed by atoms with Gasteiger partial charge in [-0.05, 0) is 23.8 Å². The molecule has 1 aromatic carbocycles.